The molecule has 1 unspecified atom stereocenters. The van der Waals surface area contributed by atoms with Crippen molar-refractivity contribution in [2.75, 3.05) is 33.0 Å². The fraction of sp³-hybridized carbons (Fsp3) is 1.00. The summed E-state index contributed by atoms with van der Waals surface area (Å²) in [5, 5.41) is 12.8. The first-order valence-corrected chi connectivity index (χ1v) is 6.60. The zero-order chi connectivity index (χ0) is 12.7. The zero-order valence-corrected chi connectivity index (χ0v) is 11.4. The van der Waals surface area contributed by atoms with Gasteiger partial charge in [0.25, 0.3) is 0 Å². The Morgan fingerprint density at radius 2 is 2.06 bits per heavy atom. The molecule has 1 saturated heterocycles. The smallest absolute Gasteiger partial charge is 0.0668 e. The summed E-state index contributed by atoms with van der Waals surface area (Å²) in [7, 11) is 0. The van der Waals surface area contributed by atoms with Crippen molar-refractivity contribution in [3.05, 3.63) is 0 Å². The molecule has 17 heavy (non-hydrogen) atoms. The summed E-state index contributed by atoms with van der Waals surface area (Å²) in [5.74, 6) is 0.616. The lowest BCUT2D eigenvalue weighted by Gasteiger charge is -2.32. The van der Waals surface area contributed by atoms with Gasteiger partial charge in [0.2, 0.25) is 0 Å². The molecule has 0 bridgehead atoms. The lowest BCUT2D eigenvalue weighted by atomic mass is 10.0. The number of nitrogens with one attached hydrogen (secondary N) is 1. The van der Waals surface area contributed by atoms with Gasteiger partial charge in [-0.2, -0.15) is 0 Å². The Hall–Kier alpha value is -0.160. The van der Waals surface area contributed by atoms with Crippen molar-refractivity contribution in [2.24, 2.45) is 5.92 Å². The summed E-state index contributed by atoms with van der Waals surface area (Å²) >= 11 is 0. The molecule has 1 atom stereocenters. The Labute approximate surface area is 105 Å². The number of aliphatic hydroxyl groups is 1. The van der Waals surface area contributed by atoms with Crippen LogP contribution < -0.4 is 5.32 Å². The molecule has 0 aromatic rings. The van der Waals surface area contributed by atoms with Gasteiger partial charge in [-0.25, -0.2) is 0 Å². The summed E-state index contributed by atoms with van der Waals surface area (Å²) in [6, 6.07) is 0.346. The zero-order valence-electron chi connectivity index (χ0n) is 11.4. The number of hydrogen-bond acceptors (Lipinski definition) is 4. The monoisotopic (exact) mass is 245 g/mol. The van der Waals surface area contributed by atoms with Crippen molar-refractivity contribution in [1.29, 1.82) is 0 Å². The highest BCUT2D eigenvalue weighted by Gasteiger charge is 2.25. The Bertz CT molecular complexity index is 205. The molecule has 0 amide bonds. The van der Waals surface area contributed by atoms with Crippen LogP contribution in [0.5, 0.6) is 0 Å². The van der Waals surface area contributed by atoms with E-state index in [9.17, 15) is 5.11 Å². The maximum atomic E-state index is 9.41. The fourth-order valence-corrected chi connectivity index (χ4v) is 2.19. The van der Waals surface area contributed by atoms with Crippen molar-refractivity contribution >= 4 is 0 Å². The molecule has 1 fully saturated rings. The molecule has 1 heterocycles. The van der Waals surface area contributed by atoms with E-state index >= 15 is 0 Å². The standard InChI is InChI=1S/C13H27NO3/c1-11(2)14-13(3,9-15)10-17-8-12-4-6-16-7-5-12/h11-12,14-15H,4-10H2,1-3H3. The van der Waals surface area contributed by atoms with Crippen LogP contribution in [0.15, 0.2) is 0 Å². The Morgan fingerprint density at radius 3 is 2.59 bits per heavy atom. The lowest BCUT2D eigenvalue weighted by molar-refractivity contribution is -0.00716. The normalized spacial score (nSPS) is 21.7. The van der Waals surface area contributed by atoms with Gasteiger partial charge in [0, 0.05) is 25.9 Å². The number of aliphatic hydroxyl groups excluding tert-OH is 1. The molecule has 0 spiro atoms. The predicted octanol–water partition coefficient (Wildman–Crippen LogP) is 1.18. The van der Waals surface area contributed by atoms with E-state index in [1.807, 2.05) is 6.92 Å². The van der Waals surface area contributed by atoms with Gasteiger partial charge in [0.1, 0.15) is 0 Å². The topological polar surface area (TPSA) is 50.7 Å². The predicted molar refractivity (Wildman–Crippen MR) is 68.1 cm³/mol. The van der Waals surface area contributed by atoms with Crippen LogP contribution in [0.25, 0.3) is 0 Å². The highest BCUT2D eigenvalue weighted by molar-refractivity contribution is 4.83. The van der Waals surface area contributed by atoms with Crippen LogP contribution in [0.3, 0.4) is 0 Å². The SMILES string of the molecule is CC(C)NC(C)(CO)COCC1CCOCC1. The van der Waals surface area contributed by atoms with Gasteiger partial charge in [-0.15, -0.1) is 0 Å². The van der Waals surface area contributed by atoms with E-state index < -0.39 is 0 Å². The van der Waals surface area contributed by atoms with E-state index in [-0.39, 0.29) is 12.1 Å². The molecule has 1 aliphatic rings. The quantitative estimate of drug-likeness (QED) is 0.707. The molecule has 0 radical (unpaired) electrons. The highest BCUT2D eigenvalue weighted by atomic mass is 16.5. The third-order valence-corrected chi connectivity index (χ3v) is 3.10. The maximum absolute atomic E-state index is 9.41. The van der Waals surface area contributed by atoms with Gasteiger partial charge in [0.15, 0.2) is 0 Å². The van der Waals surface area contributed by atoms with E-state index in [2.05, 4.69) is 19.2 Å². The molecule has 0 aliphatic carbocycles. The van der Waals surface area contributed by atoms with Crippen LogP contribution in [0, 0.1) is 5.92 Å². The Kier molecular flexibility index (Phi) is 6.41. The van der Waals surface area contributed by atoms with E-state index in [0.717, 1.165) is 32.7 Å². The average molecular weight is 245 g/mol. The van der Waals surface area contributed by atoms with Crippen LogP contribution in [0.2, 0.25) is 0 Å². The minimum Gasteiger partial charge on any atom is -0.394 e. The first kappa shape index (κ1) is 14.9. The summed E-state index contributed by atoms with van der Waals surface area (Å²) in [4.78, 5) is 0. The highest BCUT2D eigenvalue weighted by Crippen LogP contribution is 2.15. The van der Waals surface area contributed by atoms with Crippen molar-refractivity contribution < 1.29 is 14.6 Å². The molecule has 2 N–H and O–H groups in total. The minimum absolute atomic E-state index is 0.0962. The molecule has 4 nitrogen and oxygen atoms in total. The van der Waals surface area contributed by atoms with Gasteiger partial charge < -0.3 is 19.9 Å². The largest absolute Gasteiger partial charge is 0.394 e. The van der Waals surface area contributed by atoms with E-state index in [1.165, 1.54) is 0 Å². The molecule has 0 aromatic heterocycles. The molecule has 4 heteroatoms. The molecule has 0 aromatic carbocycles. The summed E-state index contributed by atoms with van der Waals surface area (Å²) in [6.07, 6.45) is 2.18. The Balaban J connectivity index is 2.22. The number of ether oxygens (including phenoxy) is 2. The second-order valence-electron chi connectivity index (χ2n) is 5.59. The van der Waals surface area contributed by atoms with Crippen LogP contribution >= 0.6 is 0 Å². The van der Waals surface area contributed by atoms with Gasteiger partial charge >= 0.3 is 0 Å². The van der Waals surface area contributed by atoms with Crippen molar-refractivity contribution in [3.8, 4) is 0 Å². The van der Waals surface area contributed by atoms with Crippen LogP contribution in [-0.4, -0.2) is 49.7 Å². The first-order valence-electron chi connectivity index (χ1n) is 6.60. The van der Waals surface area contributed by atoms with Crippen molar-refractivity contribution in [3.63, 3.8) is 0 Å². The average Bonchev–Trinajstić information content (AvgIpc) is 2.29. The van der Waals surface area contributed by atoms with Crippen LogP contribution in [0.1, 0.15) is 33.6 Å². The van der Waals surface area contributed by atoms with E-state index in [0.29, 0.717) is 18.6 Å². The van der Waals surface area contributed by atoms with Gasteiger partial charge in [-0.3, -0.25) is 0 Å². The molecule has 0 saturated carbocycles. The molecular formula is C13H27NO3. The van der Waals surface area contributed by atoms with Crippen molar-refractivity contribution in [2.45, 2.75) is 45.2 Å². The Morgan fingerprint density at radius 1 is 1.41 bits per heavy atom. The lowest BCUT2D eigenvalue weighted by Crippen LogP contribution is -2.52. The summed E-state index contributed by atoms with van der Waals surface area (Å²) in [6.45, 7) is 9.29. The third-order valence-electron chi connectivity index (χ3n) is 3.10. The fourth-order valence-electron chi connectivity index (χ4n) is 2.19. The first-order chi connectivity index (χ1) is 8.06. The van der Waals surface area contributed by atoms with Gasteiger partial charge in [-0.1, -0.05) is 13.8 Å². The summed E-state index contributed by atoms with van der Waals surface area (Å²) < 4.78 is 11.1. The second kappa shape index (κ2) is 7.31. The second-order valence-corrected chi connectivity index (χ2v) is 5.59. The van der Waals surface area contributed by atoms with E-state index in [1.54, 1.807) is 0 Å². The maximum Gasteiger partial charge on any atom is 0.0668 e. The van der Waals surface area contributed by atoms with Crippen LogP contribution in [0.4, 0.5) is 0 Å². The number of rotatable bonds is 7. The molecule has 102 valence electrons. The van der Waals surface area contributed by atoms with Gasteiger partial charge in [0.05, 0.1) is 18.8 Å². The molecule has 1 rings (SSSR count). The van der Waals surface area contributed by atoms with Gasteiger partial charge in [-0.05, 0) is 25.7 Å². The number of hydrogen-bond donors (Lipinski definition) is 2. The van der Waals surface area contributed by atoms with Crippen molar-refractivity contribution in [1.82, 2.24) is 5.32 Å². The van der Waals surface area contributed by atoms with Crippen LogP contribution in [-0.2, 0) is 9.47 Å². The molecule has 1 aliphatic heterocycles. The third kappa shape index (κ3) is 5.82. The minimum atomic E-state index is -0.334. The van der Waals surface area contributed by atoms with E-state index in [4.69, 9.17) is 9.47 Å². The summed E-state index contributed by atoms with van der Waals surface area (Å²) in [5.41, 5.74) is -0.334. The molecular weight excluding hydrogens is 218 g/mol.